The van der Waals surface area contributed by atoms with E-state index in [4.69, 9.17) is 5.26 Å². The first-order valence-electron chi connectivity index (χ1n) is 5.92. The van der Waals surface area contributed by atoms with E-state index in [1.165, 1.54) is 0 Å². The number of hydrogen-bond donors (Lipinski definition) is 1. The molecule has 0 radical (unpaired) electrons. The fraction of sp³-hybridized carbons (Fsp3) is 0.462. The molecule has 0 heterocycles. The van der Waals surface area contributed by atoms with Crippen LogP contribution in [0.15, 0.2) is 24.3 Å². The van der Waals surface area contributed by atoms with Gasteiger partial charge in [0.15, 0.2) is 9.84 Å². The maximum absolute atomic E-state index is 11.3. The number of nitrogens with zero attached hydrogens (tertiary/aromatic N) is 1. The lowest BCUT2D eigenvalue weighted by Gasteiger charge is -2.14. The summed E-state index contributed by atoms with van der Waals surface area (Å²) in [5, 5.41) is 11.9. The van der Waals surface area contributed by atoms with Crippen LogP contribution in [0.5, 0.6) is 0 Å². The number of hydrogen-bond acceptors (Lipinski definition) is 4. The smallest absolute Gasteiger partial charge is 0.151 e. The third kappa shape index (κ3) is 4.47. The first kappa shape index (κ1) is 14.7. The van der Waals surface area contributed by atoms with Crippen LogP contribution in [-0.4, -0.2) is 26.5 Å². The molecule has 0 aliphatic rings. The lowest BCUT2D eigenvalue weighted by atomic mass is 10.1. The summed E-state index contributed by atoms with van der Waals surface area (Å²) in [7, 11) is -2.91. The van der Waals surface area contributed by atoms with Crippen LogP contribution < -0.4 is 5.32 Å². The maximum Gasteiger partial charge on any atom is 0.151 e. The second-order valence-corrected chi connectivity index (χ2v) is 6.62. The van der Waals surface area contributed by atoms with E-state index in [1.54, 1.807) is 19.1 Å². The third-order valence-corrected chi connectivity index (χ3v) is 4.55. The van der Waals surface area contributed by atoms with E-state index in [-0.39, 0.29) is 17.5 Å². The minimum Gasteiger partial charge on any atom is -0.309 e. The van der Waals surface area contributed by atoms with Gasteiger partial charge in [-0.15, -0.1) is 0 Å². The molecule has 0 fully saturated rings. The highest BCUT2D eigenvalue weighted by Crippen LogP contribution is 2.12. The van der Waals surface area contributed by atoms with Gasteiger partial charge < -0.3 is 5.32 Å². The summed E-state index contributed by atoms with van der Waals surface area (Å²) in [4.78, 5) is 0. The summed E-state index contributed by atoms with van der Waals surface area (Å²) in [6, 6.07) is 9.42. The molecule has 1 aromatic rings. The van der Waals surface area contributed by atoms with Crippen LogP contribution >= 0.6 is 0 Å². The number of sulfone groups is 1. The van der Waals surface area contributed by atoms with Crippen LogP contribution in [0.4, 0.5) is 0 Å². The normalized spacial score (nSPS) is 12.9. The van der Waals surface area contributed by atoms with Crippen molar-refractivity contribution in [3.63, 3.8) is 0 Å². The van der Waals surface area contributed by atoms with Gasteiger partial charge in [0.2, 0.25) is 0 Å². The van der Waals surface area contributed by atoms with Gasteiger partial charge in [0.1, 0.15) is 0 Å². The molecule has 0 amide bonds. The van der Waals surface area contributed by atoms with E-state index in [0.29, 0.717) is 12.1 Å². The molecule has 0 bridgehead atoms. The van der Waals surface area contributed by atoms with Crippen LogP contribution in [0.3, 0.4) is 0 Å². The van der Waals surface area contributed by atoms with Gasteiger partial charge in [-0.2, -0.15) is 5.26 Å². The Balaban J connectivity index is 2.50. The van der Waals surface area contributed by atoms with Crippen molar-refractivity contribution >= 4 is 9.84 Å². The zero-order valence-electron chi connectivity index (χ0n) is 10.7. The lowest BCUT2D eigenvalue weighted by Crippen LogP contribution is -2.26. The summed E-state index contributed by atoms with van der Waals surface area (Å²) in [6.45, 7) is 4.07. The van der Waals surface area contributed by atoms with Crippen molar-refractivity contribution in [2.45, 2.75) is 19.9 Å². The molecule has 0 aliphatic heterocycles. The lowest BCUT2D eigenvalue weighted by molar-refractivity contribution is 0.573. The molecule has 0 aromatic heterocycles. The van der Waals surface area contributed by atoms with Gasteiger partial charge in [0.05, 0.1) is 17.4 Å². The van der Waals surface area contributed by atoms with Crippen molar-refractivity contribution in [3.05, 3.63) is 35.4 Å². The zero-order valence-corrected chi connectivity index (χ0v) is 11.5. The predicted octanol–water partition coefficient (Wildman–Crippen LogP) is 1.64. The summed E-state index contributed by atoms with van der Waals surface area (Å²) in [5.41, 5.74) is 1.67. The highest BCUT2D eigenvalue weighted by atomic mass is 32.2. The van der Waals surface area contributed by atoms with Gasteiger partial charge >= 0.3 is 0 Å². The van der Waals surface area contributed by atoms with Gasteiger partial charge in [0.25, 0.3) is 0 Å². The molecule has 0 saturated carbocycles. The second kappa shape index (κ2) is 6.53. The van der Waals surface area contributed by atoms with Crippen LogP contribution in [-0.2, 0) is 9.84 Å². The SMILES string of the molecule is CCS(=O)(=O)CCNC(C)c1ccc(C#N)cc1. The summed E-state index contributed by atoms with van der Waals surface area (Å²) >= 11 is 0. The third-order valence-electron chi connectivity index (χ3n) is 2.84. The van der Waals surface area contributed by atoms with Gasteiger partial charge in [-0.25, -0.2) is 8.42 Å². The van der Waals surface area contributed by atoms with Crippen LogP contribution in [0.1, 0.15) is 31.0 Å². The van der Waals surface area contributed by atoms with Crippen molar-refractivity contribution in [2.24, 2.45) is 0 Å². The van der Waals surface area contributed by atoms with Crippen molar-refractivity contribution in [2.75, 3.05) is 18.1 Å². The molecule has 18 heavy (non-hydrogen) atoms. The topological polar surface area (TPSA) is 70.0 Å². The Kier molecular flexibility index (Phi) is 5.32. The minimum atomic E-state index is -2.91. The van der Waals surface area contributed by atoms with Crippen LogP contribution in [0.25, 0.3) is 0 Å². The predicted molar refractivity (Wildman–Crippen MR) is 71.9 cm³/mol. The molecule has 98 valence electrons. The fourth-order valence-corrected chi connectivity index (χ4v) is 2.26. The molecule has 1 atom stereocenters. The molecular formula is C13H18N2O2S. The second-order valence-electron chi connectivity index (χ2n) is 4.15. The molecule has 0 aliphatic carbocycles. The zero-order chi connectivity index (χ0) is 13.6. The van der Waals surface area contributed by atoms with Gasteiger partial charge in [-0.05, 0) is 24.6 Å². The van der Waals surface area contributed by atoms with E-state index in [2.05, 4.69) is 11.4 Å². The molecular weight excluding hydrogens is 248 g/mol. The molecule has 1 aromatic carbocycles. The Labute approximate surface area is 109 Å². The molecule has 4 nitrogen and oxygen atoms in total. The standard InChI is InChI=1S/C13H18N2O2S/c1-3-18(16,17)9-8-15-11(2)13-6-4-12(10-14)5-7-13/h4-7,11,15H,3,8-9H2,1-2H3. The average molecular weight is 266 g/mol. The van der Waals surface area contributed by atoms with Gasteiger partial charge in [-0.1, -0.05) is 19.1 Å². The quantitative estimate of drug-likeness (QED) is 0.850. The summed E-state index contributed by atoms with van der Waals surface area (Å²) in [5.74, 6) is 0.337. The number of rotatable bonds is 6. The Morgan fingerprint density at radius 2 is 1.94 bits per heavy atom. The molecule has 1 unspecified atom stereocenters. The van der Waals surface area contributed by atoms with Gasteiger partial charge in [-0.3, -0.25) is 0 Å². The van der Waals surface area contributed by atoms with E-state index in [1.807, 2.05) is 19.1 Å². The van der Waals surface area contributed by atoms with Gasteiger partial charge in [0, 0.05) is 18.3 Å². The Morgan fingerprint density at radius 3 is 2.44 bits per heavy atom. The summed E-state index contributed by atoms with van der Waals surface area (Å²) < 4.78 is 22.6. The number of benzene rings is 1. The highest BCUT2D eigenvalue weighted by molar-refractivity contribution is 7.91. The maximum atomic E-state index is 11.3. The van der Waals surface area contributed by atoms with E-state index < -0.39 is 9.84 Å². The van der Waals surface area contributed by atoms with E-state index >= 15 is 0 Å². The Hall–Kier alpha value is -1.38. The van der Waals surface area contributed by atoms with Crippen molar-refractivity contribution < 1.29 is 8.42 Å². The summed E-state index contributed by atoms with van der Waals surface area (Å²) in [6.07, 6.45) is 0. The van der Waals surface area contributed by atoms with E-state index in [9.17, 15) is 8.42 Å². The Morgan fingerprint density at radius 1 is 1.33 bits per heavy atom. The first-order valence-corrected chi connectivity index (χ1v) is 7.74. The largest absolute Gasteiger partial charge is 0.309 e. The van der Waals surface area contributed by atoms with E-state index in [0.717, 1.165) is 5.56 Å². The average Bonchev–Trinajstić information content (AvgIpc) is 2.38. The van der Waals surface area contributed by atoms with Crippen molar-refractivity contribution in [3.8, 4) is 6.07 Å². The van der Waals surface area contributed by atoms with Crippen molar-refractivity contribution in [1.82, 2.24) is 5.32 Å². The molecule has 1 rings (SSSR count). The highest BCUT2D eigenvalue weighted by Gasteiger charge is 2.09. The molecule has 1 N–H and O–H groups in total. The fourth-order valence-electron chi connectivity index (χ4n) is 1.54. The van der Waals surface area contributed by atoms with Crippen molar-refractivity contribution in [1.29, 1.82) is 5.26 Å². The minimum absolute atomic E-state index is 0.0739. The number of nitrogens with one attached hydrogen (secondary N) is 1. The molecule has 5 heteroatoms. The molecule has 0 spiro atoms. The van der Waals surface area contributed by atoms with Crippen LogP contribution in [0.2, 0.25) is 0 Å². The number of nitriles is 1. The first-order chi connectivity index (χ1) is 8.48. The monoisotopic (exact) mass is 266 g/mol. The van der Waals surface area contributed by atoms with Crippen LogP contribution in [0, 0.1) is 11.3 Å². The molecule has 0 saturated heterocycles. The Bertz CT molecular complexity index is 515.